The summed E-state index contributed by atoms with van der Waals surface area (Å²) in [7, 11) is 0. The molecule has 4 aromatic rings. The fraction of sp³-hybridized carbons (Fsp3) is 0.111. The molecule has 0 amide bonds. The molecule has 0 radical (unpaired) electrons. The minimum absolute atomic E-state index is 0.176. The van der Waals surface area contributed by atoms with Crippen LogP contribution in [-0.4, -0.2) is 15.6 Å². The number of aliphatic hydroxyl groups is 1. The first-order valence-corrected chi connectivity index (χ1v) is 8.11. The van der Waals surface area contributed by atoms with Crippen molar-refractivity contribution >= 4 is 0 Å². The van der Waals surface area contributed by atoms with E-state index < -0.39 is 16.9 Å². The Morgan fingerprint density at radius 1 is 0.778 bits per heavy atom. The quantitative estimate of drug-likeness (QED) is 0.440. The molecule has 0 saturated heterocycles. The number of hydrogen-bond donors (Lipinski definition) is 3. The maximum Gasteiger partial charge on any atom is 0.434 e. The monoisotopic (exact) mass is 368 g/mol. The molecule has 0 aliphatic rings. The molecule has 0 atom stereocenters. The Balaban J connectivity index is 1.95. The highest BCUT2D eigenvalue weighted by atomic mass is 16.5. The van der Waals surface area contributed by atoms with Gasteiger partial charge in [-0.3, -0.25) is 9.05 Å². The summed E-state index contributed by atoms with van der Waals surface area (Å²) in [5, 5.41) is 16.2. The molecule has 0 bridgehead atoms. The molecule has 9 nitrogen and oxygen atoms in total. The van der Waals surface area contributed by atoms with Crippen molar-refractivity contribution in [2.75, 3.05) is 0 Å². The van der Waals surface area contributed by atoms with Gasteiger partial charge >= 0.3 is 22.6 Å². The fourth-order valence-electron chi connectivity index (χ4n) is 3.01. The lowest BCUT2D eigenvalue weighted by atomic mass is 9.98. The standard InChI is InChI=1S/C18H14N4O5/c1-18(25,14-16(23)26-19-21(14)12-8-4-2-5-9-12)15-17(24)27-20-22(15)13-10-6-3-7-11-13/h2-11,25H,1H3/p+2. The second-order valence-electron chi connectivity index (χ2n) is 6.07. The molecule has 0 aliphatic carbocycles. The first-order chi connectivity index (χ1) is 13.0. The van der Waals surface area contributed by atoms with Gasteiger partial charge in [0.15, 0.2) is 0 Å². The minimum Gasteiger partial charge on any atom is -0.370 e. The lowest BCUT2D eigenvalue weighted by molar-refractivity contribution is -0.699. The molecule has 136 valence electrons. The maximum absolute atomic E-state index is 12.4. The molecule has 9 heteroatoms. The van der Waals surface area contributed by atoms with E-state index >= 15 is 0 Å². The molecule has 0 aliphatic heterocycles. The van der Waals surface area contributed by atoms with Crippen LogP contribution in [0, 0.1) is 0 Å². The highest BCUT2D eigenvalue weighted by Crippen LogP contribution is 2.21. The molecule has 4 rings (SSSR count). The van der Waals surface area contributed by atoms with Gasteiger partial charge in [0.2, 0.25) is 11.4 Å². The van der Waals surface area contributed by atoms with Crippen LogP contribution in [0.15, 0.2) is 79.3 Å². The zero-order valence-corrected chi connectivity index (χ0v) is 14.2. The minimum atomic E-state index is -2.03. The average Bonchev–Trinajstić information content (AvgIpc) is 3.27. The van der Waals surface area contributed by atoms with Crippen molar-refractivity contribution in [1.82, 2.24) is 10.5 Å². The fourth-order valence-corrected chi connectivity index (χ4v) is 3.01. The molecule has 0 spiro atoms. The van der Waals surface area contributed by atoms with Crippen LogP contribution in [0.5, 0.6) is 0 Å². The summed E-state index contributed by atoms with van der Waals surface area (Å²) >= 11 is 0. The van der Waals surface area contributed by atoms with Gasteiger partial charge in [0.1, 0.15) is 0 Å². The van der Waals surface area contributed by atoms with Gasteiger partial charge in [-0.25, -0.2) is 9.59 Å². The van der Waals surface area contributed by atoms with Crippen LogP contribution >= 0.6 is 0 Å². The van der Waals surface area contributed by atoms with E-state index in [1.54, 1.807) is 48.5 Å². The van der Waals surface area contributed by atoms with Gasteiger partial charge in [-0.1, -0.05) is 36.4 Å². The summed E-state index contributed by atoms with van der Waals surface area (Å²) in [5.41, 5.74) is -2.93. The van der Waals surface area contributed by atoms with Crippen LogP contribution in [0.4, 0.5) is 0 Å². The van der Waals surface area contributed by atoms with Crippen LogP contribution in [-0.2, 0) is 5.60 Å². The number of rotatable bonds is 4. The average molecular weight is 368 g/mol. The molecule has 3 N–H and O–H groups in total. The molecule has 0 fully saturated rings. The Hall–Kier alpha value is -3.72. The predicted molar refractivity (Wildman–Crippen MR) is 90.4 cm³/mol. The van der Waals surface area contributed by atoms with E-state index in [0.29, 0.717) is 11.4 Å². The predicted octanol–water partition coefficient (Wildman–Crippen LogP) is 0.0584. The number of H-pyrrole nitrogens is 2. The van der Waals surface area contributed by atoms with Gasteiger partial charge < -0.3 is 5.11 Å². The summed E-state index contributed by atoms with van der Waals surface area (Å²) in [6.45, 7) is 1.33. The summed E-state index contributed by atoms with van der Waals surface area (Å²) in [5.74, 6) is 0. The van der Waals surface area contributed by atoms with Gasteiger partial charge in [-0.15, -0.1) is 0 Å². The topological polar surface area (TPSA) is 120 Å². The molecular formula is C18H16N4O5+2. The second-order valence-corrected chi connectivity index (χ2v) is 6.07. The normalized spacial score (nSPS) is 11.6. The lowest BCUT2D eigenvalue weighted by Gasteiger charge is -2.10. The molecule has 2 heterocycles. The third-order valence-electron chi connectivity index (χ3n) is 4.24. The molecule has 0 saturated carbocycles. The van der Waals surface area contributed by atoms with Crippen LogP contribution in [0.3, 0.4) is 0 Å². The molecule has 0 unspecified atom stereocenters. The highest BCUT2D eigenvalue weighted by Gasteiger charge is 2.52. The van der Waals surface area contributed by atoms with E-state index in [1.807, 2.05) is 12.1 Å². The smallest absolute Gasteiger partial charge is 0.370 e. The first kappa shape index (κ1) is 16.7. The van der Waals surface area contributed by atoms with E-state index in [2.05, 4.69) is 10.5 Å². The van der Waals surface area contributed by atoms with Crippen molar-refractivity contribution < 1.29 is 23.5 Å². The Bertz CT molecular complexity index is 1090. The Morgan fingerprint density at radius 3 is 1.52 bits per heavy atom. The number of nitrogens with zero attached hydrogens (tertiary/aromatic N) is 2. The van der Waals surface area contributed by atoms with E-state index in [-0.39, 0.29) is 11.4 Å². The number of aromatic amines is 2. The zero-order valence-electron chi connectivity index (χ0n) is 14.2. The van der Waals surface area contributed by atoms with Gasteiger partial charge in [-0.2, -0.15) is 0 Å². The van der Waals surface area contributed by atoms with Crippen LogP contribution in [0.1, 0.15) is 18.3 Å². The van der Waals surface area contributed by atoms with Gasteiger partial charge in [0.05, 0.1) is 0 Å². The summed E-state index contributed by atoms with van der Waals surface area (Å²) in [4.78, 5) is 24.8. The Kier molecular flexibility index (Phi) is 3.85. The Morgan fingerprint density at radius 2 is 1.15 bits per heavy atom. The van der Waals surface area contributed by atoms with E-state index in [0.717, 1.165) is 0 Å². The lowest BCUT2D eigenvalue weighted by Crippen LogP contribution is -2.53. The van der Waals surface area contributed by atoms with Crippen molar-refractivity contribution in [3.8, 4) is 11.4 Å². The van der Waals surface area contributed by atoms with E-state index in [1.165, 1.54) is 16.3 Å². The molecular weight excluding hydrogens is 352 g/mol. The number of benzene rings is 2. The van der Waals surface area contributed by atoms with Crippen LogP contribution < -0.4 is 20.6 Å². The summed E-state index contributed by atoms with van der Waals surface area (Å²) < 4.78 is 12.3. The summed E-state index contributed by atoms with van der Waals surface area (Å²) in [6.07, 6.45) is 0. The Labute approximate surface area is 151 Å². The SMILES string of the molecule is CC(O)(c1c(=O)o[nH][n+]1-c1ccccc1)c1c(=O)o[nH][n+]1-c1ccccc1. The number of para-hydroxylation sites is 2. The molecule has 2 aromatic heterocycles. The van der Waals surface area contributed by atoms with Crippen molar-refractivity contribution in [2.24, 2.45) is 0 Å². The van der Waals surface area contributed by atoms with Gasteiger partial charge in [-0.05, 0) is 26.8 Å². The number of hydrogen-bond acceptors (Lipinski definition) is 5. The third-order valence-corrected chi connectivity index (χ3v) is 4.24. The van der Waals surface area contributed by atoms with Gasteiger partial charge in [0, 0.05) is 24.3 Å². The van der Waals surface area contributed by atoms with Crippen molar-refractivity contribution in [2.45, 2.75) is 12.5 Å². The largest absolute Gasteiger partial charge is 0.434 e. The molecule has 27 heavy (non-hydrogen) atoms. The van der Waals surface area contributed by atoms with Crippen molar-refractivity contribution in [1.29, 1.82) is 0 Å². The highest BCUT2D eigenvalue weighted by molar-refractivity contribution is 5.25. The van der Waals surface area contributed by atoms with Crippen LogP contribution in [0.2, 0.25) is 0 Å². The van der Waals surface area contributed by atoms with Crippen molar-refractivity contribution in [3.63, 3.8) is 0 Å². The maximum atomic E-state index is 12.4. The number of nitrogens with one attached hydrogen (secondary N) is 2. The van der Waals surface area contributed by atoms with Crippen molar-refractivity contribution in [3.05, 3.63) is 92.9 Å². The summed E-state index contributed by atoms with van der Waals surface area (Å²) in [6, 6.07) is 17.6. The van der Waals surface area contributed by atoms with E-state index in [4.69, 9.17) is 9.05 Å². The second kappa shape index (κ2) is 6.22. The van der Waals surface area contributed by atoms with Gasteiger partial charge in [0.25, 0.3) is 5.60 Å². The third kappa shape index (κ3) is 2.70. The molecule has 2 aromatic carbocycles. The van der Waals surface area contributed by atoms with Crippen LogP contribution in [0.25, 0.3) is 11.4 Å². The first-order valence-electron chi connectivity index (χ1n) is 8.11. The van der Waals surface area contributed by atoms with E-state index in [9.17, 15) is 14.7 Å². The number of aromatic nitrogens is 4. The zero-order chi connectivity index (χ0) is 19.0.